The fraction of sp³-hybridized carbons (Fsp3) is 0.133. The lowest BCUT2D eigenvalue weighted by Crippen LogP contribution is -2.00. The van der Waals surface area contributed by atoms with E-state index in [0.717, 1.165) is 5.56 Å². The van der Waals surface area contributed by atoms with Crippen LogP contribution in [0.5, 0.6) is 11.5 Å². The van der Waals surface area contributed by atoms with Gasteiger partial charge >= 0.3 is 5.97 Å². The highest BCUT2D eigenvalue weighted by Gasteiger charge is 2.12. The number of benzene rings is 2. The molecule has 4 heteroatoms. The molecule has 0 atom stereocenters. The predicted octanol–water partition coefficient (Wildman–Crippen LogP) is 3.93. The number of carboxylic acid groups (broad SMARTS) is 1. The third kappa shape index (κ3) is 2.91. The van der Waals surface area contributed by atoms with E-state index in [1.165, 1.54) is 24.3 Å². The van der Waals surface area contributed by atoms with Crippen LogP contribution in [0.2, 0.25) is 0 Å². The van der Waals surface area contributed by atoms with Crippen LogP contribution in [-0.2, 0) is 0 Å². The lowest BCUT2D eigenvalue weighted by molar-refractivity contribution is 0.0694. The van der Waals surface area contributed by atoms with E-state index >= 15 is 0 Å². The van der Waals surface area contributed by atoms with E-state index in [-0.39, 0.29) is 17.1 Å². The van der Waals surface area contributed by atoms with Crippen molar-refractivity contribution in [1.29, 1.82) is 0 Å². The Kier molecular flexibility index (Phi) is 3.51. The van der Waals surface area contributed by atoms with Crippen LogP contribution in [0, 0.1) is 19.7 Å². The largest absolute Gasteiger partial charge is 0.478 e. The second-order valence-corrected chi connectivity index (χ2v) is 4.32. The summed E-state index contributed by atoms with van der Waals surface area (Å²) in [6, 6.07) is 9.12. The summed E-state index contributed by atoms with van der Waals surface area (Å²) in [4.78, 5) is 11.1. The summed E-state index contributed by atoms with van der Waals surface area (Å²) in [6.07, 6.45) is 0. The van der Waals surface area contributed by atoms with Gasteiger partial charge in [-0.05, 0) is 55.3 Å². The molecule has 0 unspecified atom stereocenters. The van der Waals surface area contributed by atoms with Gasteiger partial charge in [0.05, 0.1) is 0 Å². The smallest absolute Gasteiger partial charge is 0.339 e. The van der Waals surface area contributed by atoms with Gasteiger partial charge in [-0.25, -0.2) is 9.18 Å². The predicted molar refractivity (Wildman–Crippen MR) is 69.3 cm³/mol. The van der Waals surface area contributed by atoms with Crippen molar-refractivity contribution in [3.8, 4) is 11.5 Å². The third-order valence-electron chi connectivity index (χ3n) is 2.72. The van der Waals surface area contributed by atoms with Crippen molar-refractivity contribution in [2.45, 2.75) is 13.8 Å². The molecule has 19 heavy (non-hydrogen) atoms. The highest BCUT2D eigenvalue weighted by molar-refractivity contribution is 5.91. The molecule has 0 aliphatic carbocycles. The second-order valence-electron chi connectivity index (χ2n) is 4.32. The minimum Gasteiger partial charge on any atom is -0.478 e. The Labute approximate surface area is 110 Å². The number of rotatable bonds is 3. The van der Waals surface area contributed by atoms with Gasteiger partial charge < -0.3 is 9.84 Å². The summed E-state index contributed by atoms with van der Waals surface area (Å²) in [7, 11) is 0. The van der Waals surface area contributed by atoms with Crippen LogP contribution in [0.15, 0.2) is 36.4 Å². The van der Waals surface area contributed by atoms with Crippen molar-refractivity contribution >= 4 is 5.97 Å². The van der Waals surface area contributed by atoms with Crippen LogP contribution in [0.4, 0.5) is 4.39 Å². The molecule has 98 valence electrons. The Bertz CT molecular complexity index is 635. The average molecular weight is 260 g/mol. The number of carbonyl (C=O) groups is 1. The molecule has 3 nitrogen and oxygen atoms in total. The maximum absolute atomic E-state index is 13.2. The van der Waals surface area contributed by atoms with Crippen LogP contribution in [0.3, 0.4) is 0 Å². The molecule has 2 aromatic carbocycles. The highest BCUT2D eigenvalue weighted by atomic mass is 19.1. The number of hydrogen-bond donors (Lipinski definition) is 1. The number of carboxylic acids is 1. The van der Waals surface area contributed by atoms with Gasteiger partial charge in [0.1, 0.15) is 22.9 Å². The van der Waals surface area contributed by atoms with E-state index in [4.69, 9.17) is 9.84 Å². The van der Waals surface area contributed by atoms with Gasteiger partial charge in [-0.15, -0.1) is 0 Å². The molecule has 2 aromatic rings. The maximum Gasteiger partial charge on any atom is 0.339 e. The molecule has 0 saturated carbocycles. The van der Waals surface area contributed by atoms with Crippen LogP contribution >= 0.6 is 0 Å². The number of ether oxygens (including phenoxy) is 1. The summed E-state index contributed by atoms with van der Waals surface area (Å²) < 4.78 is 18.7. The van der Waals surface area contributed by atoms with E-state index in [2.05, 4.69) is 0 Å². The summed E-state index contributed by atoms with van der Waals surface area (Å²) in [5.74, 6) is -0.727. The molecule has 0 radical (unpaired) electrons. The summed E-state index contributed by atoms with van der Waals surface area (Å²) in [5, 5.41) is 9.09. The van der Waals surface area contributed by atoms with Crippen LogP contribution in [0.1, 0.15) is 21.5 Å². The zero-order valence-electron chi connectivity index (χ0n) is 10.6. The van der Waals surface area contributed by atoms with Gasteiger partial charge in [-0.1, -0.05) is 6.07 Å². The number of halogens is 1. The fourth-order valence-electron chi connectivity index (χ4n) is 1.70. The topological polar surface area (TPSA) is 46.5 Å². The summed E-state index contributed by atoms with van der Waals surface area (Å²) in [6.45, 7) is 3.46. The molecule has 0 amide bonds. The van der Waals surface area contributed by atoms with Crippen LogP contribution in [0.25, 0.3) is 0 Å². The van der Waals surface area contributed by atoms with Gasteiger partial charge in [0, 0.05) is 0 Å². The summed E-state index contributed by atoms with van der Waals surface area (Å²) >= 11 is 0. The monoisotopic (exact) mass is 260 g/mol. The van der Waals surface area contributed by atoms with Crippen molar-refractivity contribution in [3.63, 3.8) is 0 Å². The highest BCUT2D eigenvalue weighted by Crippen LogP contribution is 2.27. The normalized spacial score (nSPS) is 10.3. The molecule has 0 aliphatic heterocycles. The minimum absolute atomic E-state index is 0.0765. The summed E-state index contributed by atoms with van der Waals surface area (Å²) in [5.41, 5.74) is 1.41. The first-order valence-electron chi connectivity index (χ1n) is 5.75. The molecule has 0 spiro atoms. The molecular weight excluding hydrogens is 247 g/mol. The Morgan fingerprint density at radius 1 is 1.16 bits per heavy atom. The molecule has 1 N–H and O–H groups in total. The first kappa shape index (κ1) is 13.1. The van der Waals surface area contributed by atoms with Crippen molar-refractivity contribution in [2.24, 2.45) is 0 Å². The van der Waals surface area contributed by atoms with Gasteiger partial charge in [0.25, 0.3) is 0 Å². The molecule has 2 rings (SSSR count). The molecule has 0 bridgehead atoms. The van der Waals surface area contributed by atoms with Gasteiger partial charge in [-0.3, -0.25) is 0 Å². The number of aromatic carboxylic acids is 1. The molecule has 0 fully saturated rings. The molecule has 0 saturated heterocycles. The zero-order valence-corrected chi connectivity index (χ0v) is 10.6. The average Bonchev–Trinajstić information content (AvgIpc) is 2.33. The standard InChI is InChI=1S/C15H13FO3/c1-9-3-5-12(15(17)18)14(7-9)19-11-4-6-13(16)10(2)8-11/h3-8H,1-2H3,(H,17,18). The van der Waals surface area contributed by atoms with Crippen molar-refractivity contribution in [1.82, 2.24) is 0 Å². The van der Waals surface area contributed by atoms with Crippen molar-refractivity contribution in [2.75, 3.05) is 0 Å². The number of aryl methyl sites for hydroxylation is 2. The lowest BCUT2D eigenvalue weighted by atomic mass is 10.1. The van der Waals surface area contributed by atoms with Gasteiger partial charge in [0.15, 0.2) is 0 Å². The quantitative estimate of drug-likeness (QED) is 0.909. The Hall–Kier alpha value is -2.36. The Morgan fingerprint density at radius 3 is 2.53 bits per heavy atom. The maximum atomic E-state index is 13.2. The van der Waals surface area contributed by atoms with E-state index in [0.29, 0.717) is 11.3 Å². The lowest BCUT2D eigenvalue weighted by Gasteiger charge is -2.10. The number of hydrogen-bond acceptors (Lipinski definition) is 2. The van der Waals surface area contributed by atoms with Crippen molar-refractivity contribution < 1.29 is 19.0 Å². The van der Waals surface area contributed by atoms with E-state index < -0.39 is 5.97 Å². The second kappa shape index (κ2) is 5.10. The molecule has 0 aromatic heterocycles. The van der Waals surface area contributed by atoms with Crippen LogP contribution < -0.4 is 4.74 Å². The van der Waals surface area contributed by atoms with E-state index in [1.807, 2.05) is 6.92 Å². The SMILES string of the molecule is Cc1ccc(C(=O)O)c(Oc2ccc(F)c(C)c2)c1. The first-order valence-corrected chi connectivity index (χ1v) is 5.75. The van der Waals surface area contributed by atoms with Crippen molar-refractivity contribution in [3.05, 3.63) is 58.9 Å². The van der Waals surface area contributed by atoms with Crippen LogP contribution in [-0.4, -0.2) is 11.1 Å². The first-order chi connectivity index (χ1) is 8.97. The fourth-order valence-corrected chi connectivity index (χ4v) is 1.70. The van der Waals surface area contributed by atoms with E-state index in [1.54, 1.807) is 19.1 Å². The third-order valence-corrected chi connectivity index (χ3v) is 2.72. The Morgan fingerprint density at radius 2 is 1.89 bits per heavy atom. The minimum atomic E-state index is -1.06. The van der Waals surface area contributed by atoms with E-state index in [9.17, 15) is 9.18 Å². The van der Waals surface area contributed by atoms with Gasteiger partial charge in [0.2, 0.25) is 0 Å². The molecular formula is C15H13FO3. The van der Waals surface area contributed by atoms with Gasteiger partial charge in [-0.2, -0.15) is 0 Å². The molecule has 0 heterocycles. The Balaban J connectivity index is 2.39. The molecule has 0 aliphatic rings. The zero-order chi connectivity index (χ0) is 14.0.